The molecule has 0 N–H and O–H groups in total. The average Bonchev–Trinajstić information content (AvgIpc) is 3.35. The number of rotatable bonds is 7. The molecule has 1 aliphatic carbocycles. The van der Waals surface area contributed by atoms with Crippen LogP contribution >= 0.6 is 0 Å². The van der Waals surface area contributed by atoms with Gasteiger partial charge in [-0.25, -0.2) is 8.42 Å². The van der Waals surface area contributed by atoms with E-state index < -0.39 is 10.0 Å². The zero-order valence-electron chi connectivity index (χ0n) is 15.7. The smallest absolute Gasteiger partial charge is 0.229 e. The third kappa shape index (κ3) is 4.25. The van der Waals surface area contributed by atoms with Gasteiger partial charge in [0.1, 0.15) is 0 Å². The first-order valence-electron chi connectivity index (χ1n) is 9.37. The molecule has 1 atom stereocenters. The van der Waals surface area contributed by atoms with Crippen molar-refractivity contribution in [3.63, 3.8) is 0 Å². The Balaban J connectivity index is 1.64. The molecule has 0 aromatic carbocycles. The monoisotopic (exact) mass is 384 g/mol. The number of sulfonamides is 1. The number of aromatic nitrogens is 2. The van der Waals surface area contributed by atoms with E-state index in [9.17, 15) is 13.2 Å². The lowest BCUT2D eigenvalue weighted by Crippen LogP contribution is -2.52. The van der Waals surface area contributed by atoms with Crippen LogP contribution in [0.2, 0.25) is 0 Å². The third-order valence-corrected chi connectivity index (χ3v) is 7.43. The van der Waals surface area contributed by atoms with Crippen LogP contribution in [0.25, 0.3) is 0 Å². The molecule has 3 rings (SSSR count). The molecule has 1 aromatic rings. The molecule has 1 saturated carbocycles. The van der Waals surface area contributed by atoms with Crippen LogP contribution in [0.15, 0.2) is 4.52 Å². The van der Waals surface area contributed by atoms with Gasteiger partial charge in [-0.15, -0.1) is 0 Å². The molecule has 9 heteroatoms. The summed E-state index contributed by atoms with van der Waals surface area (Å²) in [6, 6.07) is -0.0914. The third-order valence-electron chi connectivity index (χ3n) is 5.06. The van der Waals surface area contributed by atoms with Crippen molar-refractivity contribution in [2.24, 2.45) is 0 Å². The summed E-state index contributed by atoms with van der Waals surface area (Å²) in [6.07, 6.45) is 3.62. The van der Waals surface area contributed by atoms with Gasteiger partial charge in [-0.3, -0.25) is 4.79 Å². The second-order valence-corrected chi connectivity index (χ2v) is 9.78. The van der Waals surface area contributed by atoms with Gasteiger partial charge in [0.05, 0.1) is 5.25 Å². The lowest BCUT2D eigenvalue weighted by Gasteiger charge is -2.38. The van der Waals surface area contributed by atoms with E-state index in [0.717, 1.165) is 25.7 Å². The minimum Gasteiger partial charge on any atom is -0.339 e. The quantitative estimate of drug-likeness (QED) is 0.707. The van der Waals surface area contributed by atoms with Crippen molar-refractivity contribution in [2.45, 2.75) is 70.1 Å². The number of carbonyl (C=O) groups is 1. The fourth-order valence-corrected chi connectivity index (χ4v) is 5.32. The molecule has 1 aliphatic heterocycles. The fraction of sp³-hybridized carbons (Fsp3) is 0.824. The SMILES string of the molecule is CC(=O)N(CCc1noc(C(C)C)n1)C1CCCN(S(=O)(=O)C2CC2)C1. The van der Waals surface area contributed by atoms with Crippen molar-refractivity contribution >= 4 is 15.9 Å². The Labute approximate surface area is 155 Å². The van der Waals surface area contributed by atoms with Crippen molar-refractivity contribution < 1.29 is 17.7 Å². The fourth-order valence-electron chi connectivity index (χ4n) is 3.40. The summed E-state index contributed by atoms with van der Waals surface area (Å²) in [6.45, 7) is 6.91. The van der Waals surface area contributed by atoms with E-state index in [4.69, 9.17) is 4.52 Å². The van der Waals surface area contributed by atoms with Crippen LogP contribution < -0.4 is 0 Å². The predicted octanol–water partition coefficient (Wildman–Crippen LogP) is 1.54. The van der Waals surface area contributed by atoms with E-state index in [1.54, 1.807) is 9.21 Å². The Morgan fingerprint density at radius 3 is 2.65 bits per heavy atom. The molecular formula is C17H28N4O4S. The molecule has 1 amide bonds. The highest BCUT2D eigenvalue weighted by Crippen LogP contribution is 2.33. The van der Waals surface area contributed by atoms with Crippen LogP contribution in [0.5, 0.6) is 0 Å². The Bertz CT molecular complexity index is 742. The summed E-state index contributed by atoms with van der Waals surface area (Å²) in [5, 5.41) is 3.76. The van der Waals surface area contributed by atoms with Crippen molar-refractivity contribution in [1.82, 2.24) is 19.3 Å². The van der Waals surface area contributed by atoms with Crippen molar-refractivity contribution in [3.8, 4) is 0 Å². The van der Waals surface area contributed by atoms with Gasteiger partial charge >= 0.3 is 0 Å². The molecule has 0 spiro atoms. The van der Waals surface area contributed by atoms with E-state index in [1.807, 2.05) is 13.8 Å². The Morgan fingerprint density at radius 2 is 2.08 bits per heavy atom. The number of piperidine rings is 1. The van der Waals surface area contributed by atoms with Crippen LogP contribution in [0, 0.1) is 0 Å². The minimum absolute atomic E-state index is 0.0479. The van der Waals surface area contributed by atoms with Gasteiger partial charge in [-0.05, 0) is 25.7 Å². The highest BCUT2D eigenvalue weighted by molar-refractivity contribution is 7.90. The molecule has 2 aliphatic rings. The first-order chi connectivity index (χ1) is 12.3. The maximum Gasteiger partial charge on any atom is 0.229 e. The number of hydrogen-bond donors (Lipinski definition) is 0. The summed E-state index contributed by atoms with van der Waals surface area (Å²) >= 11 is 0. The molecule has 2 heterocycles. The van der Waals surface area contributed by atoms with Gasteiger partial charge in [0.25, 0.3) is 0 Å². The van der Waals surface area contributed by atoms with Crippen LogP contribution in [0.1, 0.15) is 64.1 Å². The second-order valence-electron chi connectivity index (χ2n) is 7.56. The van der Waals surface area contributed by atoms with Gasteiger partial charge in [-0.2, -0.15) is 9.29 Å². The molecule has 0 radical (unpaired) electrons. The standard InChI is InChI=1S/C17H28N4O4S/c1-12(2)17-18-16(19-25-17)8-10-21(13(3)22)14-5-4-9-20(11-14)26(23,24)15-6-7-15/h12,14-15H,4-11H2,1-3H3. The predicted molar refractivity (Wildman–Crippen MR) is 96.0 cm³/mol. The Morgan fingerprint density at radius 1 is 1.35 bits per heavy atom. The Hall–Kier alpha value is -1.48. The summed E-state index contributed by atoms with van der Waals surface area (Å²) in [7, 11) is -3.20. The van der Waals surface area contributed by atoms with Crippen LogP contribution in [-0.4, -0.2) is 64.6 Å². The molecule has 8 nitrogen and oxygen atoms in total. The topological polar surface area (TPSA) is 96.6 Å². The molecular weight excluding hydrogens is 356 g/mol. The van der Waals surface area contributed by atoms with Gasteiger partial charge in [-0.1, -0.05) is 19.0 Å². The van der Waals surface area contributed by atoms with E-state index >= 15 is 0 Å². The molecule has 146 valence electrons. The van der Waals surface area contributed by atoms with Crippen LogP contribution in [-0.2, 0) is 21.2 Å². The maximum absolute atomic E-state index is 12.5. The summed E-state index contributed by atoms with van der Waals surface area (Å²) in [5.41, 5.74) is 0. The van der Waals surface area contributed by atoms with Gasteiger partial charge < -0.3 is 9.42 Å². The molecule has 26 heavy (non-hydrogen) atoms. The number of hydrogen-bond acceptors (Lipinski definition) is 6. The minimum atomic E-state index is -3.20. The highest BCUT2D eigenvalue weighted by Gasteiger charge is 2.42. The number of nitrogens with zero attached hydrogens (tertiary/aromatic N) is 4. The zero-order chi connectivity index (χ0) is 18.9. The van der Waals surface area contributed by atoms with Crippen molar-refractivity contribution in [2.75, 3.05) is 19.6 Å². The van der Waals surface area contributed by atoms with Gasteiger partial charge in [0.15, 0.2) is 5.82 Å². The first-order valence-corrected chi connectivity index (χ1v) is 10.9. The van der Waals surface area contributed by atoms with Crippen LogP contribution in [0.4, 0.5) is 0 Å². The first kappa shape index (κ1) is 19.3. The van der Waals surface area contributed by atoms with Crippen molar-refractivity contribution in [1.29, 1.82) is 0 Å². The van der Waals surface area contributed by atoms with E-state index in [1.165, 1.54) is 6.92 Å². The van der Waals surface area contributed by atoms with E-state index in [2.05, 4.69) is 10.1 Å². The Kier molecular flexibility index (Phi) is 5.67. The normalized spacial score (nSPS) is 21.9. The molecule has 1 aromatic heterocycles. The summed E-state index contributed by atoms with van der Waals surface area (Å²) in [5.74, 6) is 1.29. The average molecular weight is 385 g/mol. The van der Waals surface area contributed by atoms with Crippen molar-refractivity contribution in [3.05, 3.63) is 11.7 Å². The summed E-state index contributed by atoms with van der Waals surface area (Å²) < 4.78 is 31.8. The lowest BCUT2D eigenvalue weighted by molar-refractivity contribution is -0.131. The largest absolute Gasteiger partial charge is 0.339 e. The van der Waals surface area contributed by atoms with Gasteiger partial charge in [0, 0.05) is 44.9 Å². The summed E-state index contributed by atoms with van der Waals surface area (Å²) in [4.78, 5) is 18.3. The second kappa shape index (κ2) is 7.64. The maximum atomic E-state index is 12.5. The lowest BCUT2D eigenvalue weighted by atomic mass is 10.1. The molecule has 2 fully saturated rings. The van der Waals surface area contributed by atoms with E-state index in [0.29, 0.717) is 37.8 Å². The number of amides is 1. The molecule has 1 unspecified atom stereocenters. The van der Waals surface area contributed by atoms with Crippen LogP contribution in [0.3, 0.4) is 0 Å². The van der Waals surface area contributed by atoms with E-state index in [-0.39, 0.29) is 23.1 Å². The molecule has 0 bridgehead atoms. The van der Waals surface area contributed by atoms with Gasteiger partial charge in [0.2, 0.25) is 21.8 Å². The highest BCUT2D eigenvalue weighted by atomic mass is 32.2. The molecule has 1 saturated heterocycles. The zero-order valence-corrected chi connectivity index (χ0v) is 16.5. The number of carbonyl (C=O) groups excluding carboxylic acids is 1.